The molecule has 4 rings (SSSR count). The van der Waals surface area contributed by atoms with Crippen molar-refractivity contribution in [3.8, 4) is 0 Å². The molecular weight excluding hydrogens is 355 g/mol. The van der Waals surface area contributed by atoms with E-state index in [0.717, 1.165) is 56.7 Å². The molecule has 0 unspecified atom stereocenters. The highest BCUT2D eigenvalue weighted by Crippen LogP contribution is 2.39. The number of nitrogens with one attached hydrogen (secondary N) is 1. The van der Waals surface area contributed by atoms with E-state index < -0.39 is 0 Å². The van der Waals surface area contributed by atoms with E-state index in [4.69, 9.17) is 0 Å². The van der Waals surface area contributed by atoms with Gasteiger partial charge in [-0.2, -0.15) is 5.10 Å². The third-order valence-corrected chi connectivity index (χ3v) is 6.03. The Morgan fingerprint density at radius 2 is 2.04 bits per heavy atom. The van der Waals surface area contributed by atoms with Crippen molar-refractivity contribution in [3.05, 3.63) is 53.1 Å². The summed E-state index contributed by atoms with van der Waals surface area (Å²) in [5.41, 5.74) is 2.69. The van der Waals surface area contributed by atoms with Gasteiger partial charge < -0.3 is 9.80 Å². The molecule has 1 N–H and O–H groups in total. The maximum absolute atomic E-state index is 13.3. The van der Waals surface area contributed by atoms with Crippen molar-refractivity contribution < 1.29 is 9.18 Å². The first-order chi connectivity index (χ1) is 13.6. The normalized spacial score (nSPS) is 18.4. The predicted octanol–water partition coefficient (Wildman–Crippen LogP) is 3.45. The quantitative estimate of drug-likeness (QED) is 0.795. The van der Waals surface area contributed by atoms with Crippen LogP contribution in [0.25, 0.3) is 0 Å². The van der Waals surface area contributed by atoms with Gasteiger partial charge in [0.05, 0.1) is 0 Å². The van der Waals surface area contributed by atoms with Crippen molar-refractivity contribution in [3.63, 3.8) is 0 Å². The fourth-order valence-electron chi connectivity index (χ4n) is 4.09. The van der Waals surface area contributed by atoms with Crippen LogP contribution in [-0.4, -0.2) is 59.1 Å². The summed E-state index contributed by atoms with van der Waals surface area (Å²) in [6, 6.07) is 8.79. The van der Waals surface area contributed by atoms with Gasteiger partial charge in [-0.3, -0.25) is 9.89 Å². The van der Waals surface area contributed by atoms with Crippen LogP contribution in [0.1, 0.15) is 53.3 Å². The van der Waals surface area contributed by atoms with Gasteiger partial charge in [-0.15, -0.1) is 0 Å². The number of amides is 1. The second-order valence-corrected chi connectivity index (χ2v) is 8.33. The SMILES string of the molecule is CN(CC1CCN(CCc2cccc(F)c2)CC1)C(=O)c1cc(C2CC2)[nH]n1. The number of hydrogen-bond donors (Lipinski definition) is 1. The molecule has 5 nitrogen and oxygen atoms in total. The van der Waals surface area contributed by atoms with E-state index in [1.165, 1.54) is 18.9 Å². The zero-order valence-electron chi connectivity index (χ0n) is 16.5. The summed E-state index contributed by atoms with van der Waals surface area (Å²) in [6.07, 6.45) is 5.46. The van der Waals surface area contributed by atoms with Gasteiger partial charge in [-0.05, 0) is 74.9 Å². The molecule has 1 aliphatic heterocycles. The number of carbonyl (C=O) groups is 1. The second-order valence-electron chi connectivity index (χ2n) is 8.33. The van der Waals surface area contributed by atoms with Crippen molar-refractivity contribution in [1.82, 2.24) is 20.0 Å². The van der Waals surface area contributed by atoms with Gasteiger partial charge >= 0.3 is 0 Å². The Hall–Kier alpha value is -2.21. The minimum absolute atomic E-state index is 0.0108. The van der Waals surface area contributed by atoms with E-state index in [0.29, 0.717) is 17.5 Å². The lowest BCUT2D eigenvalue weighted by Gasteiger charge is -2.33. The number of likely N-dealkylation sites (tertiary alicyclic amines) is 1. The van der Waals surface area contributed by atoms with Crippen molar-refractivity contribution in [2.45, 2.75) is 38.0 Å². The maximum atomic E-state index is 13.3. The van der Waals surface area contributed by atoms with E-state index >= 15 is 0 Å². The fourth-order valence-corrected chi connectivity index (χ4v) is 4.09. The molecule has 2 fully saturated rings. The van der Waals surface area contributed by atoms with Crippen molar-refractivity contribution in [1.29, 1.82) is 0 Å². The molecule has 1 saturated carbocycles. The molecular formula is C22H29FN4O. The van der Waals surface area contributed by atoms with Crippen molar-refractivity contribution in [2.24, 2.45) is 5.92 Å². The number of piperidine rings is 1. The number of nitrogens with zero attached hydrogens (tertiary/aromatic N) is 3. The monoisotopic (exact) mass is 384 g/mol. The average molecular weight is 384 g/mol. The smallest absolute Gasteiger partial charge is 0.274 e. The van der Waals surface area contributed by atoms with Crippen LogP contribution < -0.4 is 0 Å². The van der Waals surface area contributed by atoms with Crippen LogP contribution in [0.2, 0.25) is 0 Å². The van der Waals surface area contributed by atoms with Gasteiger partial charge in [0.25, 0.3) is 5.91 Å². The Kier molecular flexibility index (Phi) is 5.76. The molecule has 1 aromatic heterocycles. The lowest BCUT2D eigenvalue weighted by atomic mass is 9.96. The summed E-state index contributed by atoms with van der Waals surface area (Å²) in [5, 5.41) is 7.23. The van der Waals surface area contributed by atoms with Gasteiger partial charge in [-0.25, -0.2) is 4.39 Å². The summed E-state index contributed by atoms with van der Waals surface area (Å²) in [7, 11) is 1.88. The second kappa shape index (κ2) is 8.43. The van der Waals surface area contributed by atoms with Crippen LogP contribution in [-0.2, 0) is 6.42 Å². The number of carbonyl (C=O) groups excluding carboxylic acids is 1. The molecule has 0 radical (unpaired) electrons. The summed E-state index contributed by atoms with van der Waals surface area (Å²) >= 11 is 0. The third-order valence-electron chi connectivity index (χ3n) is 6.03. The summed E-state index contributed by atoms with van der Waals surface area (Å²) in [6.45, 7) is 3.82. The number of benzene rings is 1. The highest BCUT2D eigenvalue weighted by Gasteiger charge is 2.28. The fraction of sp³-hybridized carbons (Fsp3) is 0.545. The number of rotatable bonds is 7. The molecule has 2 heterocycles. The molecule has 150 valence electrons. The van der Waals surface area contributed by atoms with E-state index in [9.17, 15) is 9.18 Å². The third kappa shape index (κ3) is 4.79. The van der Waals surface area contributed by atoms with Crippen LogP contribution in [0, 0.1) is 11.7 Å². The van der Waals surface area contributed by atoms with Crippen LogP contribution >= 0.6 is 0 Å². The topological polar surface area (TPSA) is 52.2 Å². The highest BCUT2D eigenvalue weighted by molar-refractivity contribution is 5.92. The molecule has 1 amide bonds. The Morgan fingerprint density at radius 3 is 2.75 bits per heavy atom. The van der Waals surface area contributed by atoms with E-state index in [1.54, 1.807) is 12.1 Å². The first-order valence-electron chi connectivity index (χ1n) is 10.4. The molecule has 6 heteroatoms. The van der Waals surface area contributed by atoms with Gasteiger partial charge in [0, 0.05) is 31.7 Å². The van der Waals surface area contributed by atoms with Crippen molar-refractivity contribution in [2.75, 3.05) is 33.2 Å². The van der Waals surface area contributed by atoms with E-state index in [-0.39, 0.29) is 11.7 Å². The molecule has 1 aliphatic carbocycles. The van der Waals surface area contributed by atoms with E-state index in [1.807, 2.05) is 24.1 Å². The number of aromatic amines is 1. The van der Waals surface area contributed by atoms with Crippen LogP contribution in [0.15, 0.2) is 30.3 Å². The molecule has 2 aliphatic rings. The Morgan fingerprint density at radius 1 is 1.25 bits per heavy atom. The minimum atomic E-state index is -0.162. The van der Waals surface area contributed by atoms with Crippen LogP contribution in [0.3, 0.4) is 0 Å². The Labute approximate surface area is 165 Å². The largest absolute Gasteiger partial charge is 0.340 e. The van der Waals surface area contributed by atoms with E-state index in [2.05, 4.69) is 15.1 Å². The standard InChI is InChI=1S/C22H29FN4O/c1-26(22(28)21-14-20(24-25-21)18-5-6-18)15-17-8-11-27(12-9-17)10-7-16-3-2-4-19(23)13-16/h2-4,13-14,17-18H,5-12,15H2,1H3,(H,24,25). The van der Waals surface area contributed by atoms with Gasteiger partial charge in [0.1, 0.15) is 11.5 Å². The number of H-pyrrole nitrogens is 1. The highest BCUT2D eigenvalue weighted by atomic mass is 19.1. The molecule has 1 saturated heterocycles. The molecule has 1 aromatic carbocycles. The van der Waals surface area contributed by atoms with Crippen LogP contribution in [0.5, 0.6) is 0 Å². The number of halogens is 1. The average Bonchev–Trinajstić information content (AvgIpc) is 3.44. The lowest BCUT2D eigenvalue weighted by molar-refractivity contribution is 0.0734. The minimum Gasteiger partial charge on any atom is -0.340 e. The summed E-state index contributed by atoms with van der Waals surface area (Å²) < 4.78 is 13.3. The zero-order valence-corrected chi connectivity index (χ0v) is 16.5. The van der Waals surface area contributed by atoms with Crippen molar-refractivity contribution >= 4 is 5.91 Å². The molecule has 0 atom stereocenters. The maximum Gasteiger partial charge on any atom is 0.274 e. The predicted molar refractivity (Wildman–Crippen MR) is 107 cm³/mol. The van der Waals surface area contributed by atoms with Gasteiger partial charge in [0.2, 0.25) is 0 Å². The summed E-state index contributed by atoms with van der Waals surface area (Å²) in [5.74, 6) is 0.957. The first kappa shape index (κ1) is 19.1. The number of aromatic nitrogens is 2. The molecule has 0 spiro atoms. The molecule has 28 heavy (non-hydrogen) atoms. The number of hydrogen-bond acceptors (Lipinski definition) is 3. The van der Waals surface area contributed by atoms with Crippen LogP contribution in [0.4, 0.5) is 4.39 Å². The first-order valence-corrected chi connectivity index (χ1v) is 10.4. The Bertz CT molecular complexity index is 808. The molecule has 0 bridgehead atoms. The summed E-state index contributed by atoms with van der Waals surface area (Å²) in [4.78, 5) is 16.9. The zero-order chi connectivity index (χ0) is 19.5. The lowest BCUT2D eigenvalue weighted by Crippen LogP contribution is -2.40. The van der Waals surface area contributed by atoms with Gasteiger partial charge in [0.15, 0.2) is 0 Å². The van der Waals surface area contributed by atoms with Gasteiger partial charge in [-0.1, -0.05) is 12.1 Å². The Balaban J connectivity index is 1.20. The molecule has 2 aromatic rings.